The first kappa shape index (κ1) is 12.7. The van der Waals surface area contributed by atoms with Crippen molar-refractivity contribution in [2.45, 2.75) is 0 Å². The number of rotatable bonds is 3. The van der Waals surface area contributed by atoms with E-state index in [4.69, 9.17) is 10.2 Å². The zero-order chi connectivity index (χ0) is 8.41. The molecule has 5 nitrogen and oxygen atoms in total. The summed E-state index contributed by atoms with van der Waals surface area (Å²) < 4.78 is 18.4. The fourth-order valence-electron chi connectivity index (χ4n) is 0.0833. The summed E-state index contributed by atoms with van der Waals surface area (Å²) in [6, 6.07) is 0. The summed E-state index contributed by atoms with van der Waals surface area (Å²) in [5.74, 6) is 0. The van der Waals surface area contributed by atoms with Crippen LogP contribution in [0.1, 0.15) is 0 Å². The van der Waals surface area contributed by atoms with Crippen molar-refractivity contribution in [3.05, 3.63) is 0 Å². The molecule has 6 heteroatoms. The predicted octanol–water partition coefficient (Wildman–Crippen LogP) is -0.360. The lowest BCUT2D eigenvalue weighted by molar-refractivity contribution is 0.186. The van der Waals surface area contributed by atoms with E-state index >= 15 is 0 Å². The predicted molar refractivity (Wildman–Crippen MR) is 37.2 cm³/mol. The average Bonchev–Trinajstić information content (AvgIpc) is 2.03. The van der Waals surface area contributed by atoms with Gasteiger partial charge >= 0.3 is 8.25 Å². The van der Waals surface area contributed by atoms with Crippen molar-refractivity contribution in [3.8, 4) is 0 Å². The van der Waals surface area contributed by atoms with Crippen LogP contribution in [-0.2, 0) is 13.6 Å². The van der Waals surface area contributed by atoms with E-state index in [2.05, 4.69) is 9.05 Å². The molecule has 0 aromatic carbocycles. The highest BCUT2D eigenvalue weighted by atomic mass is 31.1. The highest BCUT2D eigenvalue weighted by Crippen LogP contribution is 2.18. The highest BCUT2D eigenvalue weighted by molar-refractivity contribution is 7.33. The molecule has 0 aromatic rings. The van der Waals surface area contributed by atoms with Gasteiger partial charge in [0, 0.05) is 14.2 Å². The summed E-state index contributed by atoms with van der Waals surface area (Å²) in [5, 5.41) is 15.2. The van der Waals surface area contributed by atoms with Gasteiger partial charge in [0.15, 0.2) is 0 Å². The Hall–Kier alpha value is 0.0700. The topological polar surface area (TPSA) is 76.0 Å². The molecule has 0 aliphatic heterocycles. The fourth-order valence-corrected chi connectivity index (χ4v) is 0.250. The molecule has 0 saturated carbocycles. The zero-order valence-corrected chi connectivity index (χ0v) is 7.03. The summed E-state index contributed by atoms with van der Waals surface area (Å²) in [6.07, 6.45) is 0. The van der Waals surface area contributed by atoms with E-state index in [1.807, 2.05) is 0 Å². The van der Waals surface area contributed by atoms with E-state index in [1.165, 1.54) is 14.2 Å². The van der Waals surface area contributed by atoms with Crippen LogP contribution in [0.4, 0.5) is 0 Å². The van der Waals surface area contributed by atoms with Gasteiger partial charge in [0.1, 0.15) is 0 Å². The summed E-state index contributed by atoms with van der Waals surface area (Å²) in [7, 11) is 0.558. The first-order chi connectivity index (χ1) is 4.72. The standard InChI is InChI=1S/C2H7O3P.C2H6O2/c1-4-6(3)5-2;3-1-2-4/h6H,1-2H3;3-4H,1-2H2. The second-order valence-electron chi connectivity index (χ2n) is 1.11. The van der Waals surface area contributed by atoms with Crippen molar-refractivity contribution in [1.29, 1.82) is 0 Å². The van der Waals surface area contributed by atoms with Gasteiger partial charge in [-0.05, 0) is 0 Å². The normalized spacial score (nSPS) is 8.90. The first-order valence-electron chi connectivity index (χ1n) is 2.56. The van der Waals surface area contributed by atoms with E-state index in [-0.39, 0.29) is 13.2 Å². The maximum absolute atomic E-state index is 9.92. The minimum absolute atomic E-state index is 0.125. The van der Waals surface area contributed by atoms with E-state index in [0.29, 0.717) is 0 Å². The molecule has 64 valence electrons. The van der Waals surface area contributed by atoms with Gasteiger partial charge in [-0.2, -0.15) is 0 Å². The molecule has 0 heterocycles. The molecule has 0 spiro atoms. The van der Waals surface area contributed by atoms with Gasteiger partial charge in [-0.1, -0.05) is 0 Å². The Morgan fingerprint density at radius 2 is 1.50 bits per heavy atom. The minimum Gasteiger partial charge on any atom is -0.394 e. The Morgan fingerprint density at radius 1 is 1.20 bits per heavy atom. The third-order valence-electron chi connectivity index (χ3n) is 0.433. The maximum atomic E-state index is 9.92. The minimum atomic E-state index is -2.12. The average molecular weight is 172 g/mol. The van der Waals surface area contributed by atoms with Crippen molar-refractivity contribution >= 4 is 8.25 Å². The molecule has 0 rings (SSSR count). The van der Waals surface area contributed by atoms with E-state index in [0.717, 1.165) is 0 Å². The van der Waals surface area contributed by atoms with Crippen LogP contribution in [0.2, 0.25) is 0 Å². The highest BCUT2D eigenvalue weighted by Gasteiger charge is 1.83. The number of hydrogen-bond acceptors (Lipinski definition) is 5. The molecule has 0 atom stereocenters. The Bertz CT molecular complexity index is 68.0. The lowest BCUT2D eigenvalue weighted by Crippen LogP contribution is -1.85. The van der Waals surface area contributed by atoms with E-state index in [1.54, 1.807) is 0 Å². The SMILES string of the molecule is CO[PH](=O)OC.OCCO. The summed E-state index contributed by atoms with van der Waals surface area (Å²) >= 11 is 0. The molecule has 0 aliphatic carbocycles. The van der Waals surface area contributed by atoms with Gasteiger partial charge in [0.25, 0.3) is 0 Å². The molecule has 0 aliphatic rings. The molecular weight excluding hydrogens is 159 g/mol. The number of aliphatic hydroxyl groups is 2. The molecule has 0 bridgehead atoms. The second-order valence-corrected chi connectivity index (χ2v) is 2.42. The zero-order valence-electron chi connectivity index (χ0n) is 6.03. The Kier molecular flexibility index (Phi) is 15.0. The smallest absolute Gasteiger partial charge is 0.318 e. The van der Waals surface area contributed by atoms with Crippen molar-refractivity contribution in [1.82, 2.24) is 0 Å². The summed E-state index contributed by atoms with van der Waals surface area (Å²) in [4.78, 5) is 0. The number of hydrogen-bond donors (Lipinski definition) is 2. The molecule has 0 aromatic heterocycles. The lowest BCUT2D eigenvalue weighted by atomic mass is 10.8. The molecule has 2 N–H and O–H groups in total. The van der Waals surface area contributed by atoms with Crippen LogP contribution in [-0.4, -0.2) is 37.6 Å². The second kappa shape index (κ2) is 11.8. The van der Waals surface area contributed by atoms with Gasteiger partial charge in [0.2, 0.25) is 0 Å². The van der Waals surface area contributed by atoms with Crippen molar-refractivity contribution < 1.29 is 23.8 Å². The third-order valence-corrected chi connectivity index (χ3v) is 1.10. The lowest BCUT2D eigenvalue weighted by Gasteiger charge is -1.89. The molecule has 0 fully saturated rings. The van der Waals surface area contributed by atoms with Crippen LogP contribution in [0, 0.1) is 0 Å². The largest absolute Gasteiger partial charge is 0.394 e. The fraction of sp³-hybridized carbons (Fsp3) is 1.00. The van der Waals surface area contributed by atoms with Gasteiger partial charge < -0.3 is 19.3 Å². The van der Waals surface area contributed by atoms with Crippen LogP contribution in [0.5, 0.6) is 0 Å². The van der Waals surface area contributed by atoms with Crippen LogP contribution in [0.15, 0.2) is 0 Å². The van der Waals surface area contributed by atoms with E-state index < -0.39 is 8.25 Å². The van der Waals surface area contributed by atoms with Crippen molar-refractivity contribution in [3.63, 3.8) is 0 Å². The monoisotopic (exact) mass is 172 g/mol. The van der Waals surface area contributed by atoms with Gasteiger partial charge in [-0.3, -0.25) is 4.57 Å². The molecule has 0 unspecified atom stereocenters. The molecule has 10 heavy (non-hydrogen) atoms. The van der Waals surface area contributed by atoms with Crippen LogP contribution < -0.4 is 0 Å². The molecular formula is C4H13O5P. The van der Waals surface area contributed by atoms with Gasteiger partial charge in [-0.15, -0.1) is 0 Å². The summed E-state index contributed by atoms with van der Waals surface area (Å²) in [5.41, 5.74) is 0. The van der Waals surface area contributed by atoms with Crippen LogP contribution >= 0.6 is 8.25 Å². The molecule has 0 saturated heterocycles. The Morgan fingerprint density at radius 3 is 1.50 bits per heavy atom. The van der Waals surface area contributed by atoms with Crippen molar-refractivity contribution in [2.24, 2.45) is 0 Å². The Balaban J connectivity index is 0. The van der Waals surface area contributed by atoms with E-state index in [9.17, 15) is 4.57 Å². The van der Waals surface area contributed by atoms with Gasteiger partial charge in [-0.25, -0.2) is 0 Å². The van der Waals surface area contributed by atoms with Crippen LogP contribution in [0.3, 0.4) is 0 Å². The van der Waals surface area contributed by atoms with Crippen molar-refractivity contribution in [2.75, 3.05) is 27.4 Å². The number of aliphatic hydroxyl groups excluding tert-OH is 2. The van der Waals surface area contributed by atoms with Gasteiger partial charge in [0.05, 0.1) is 13.2 Å². The quantitative estimate of drug-likeness (QED) is 0.568. The van der Waals surface area contributed by atoms with Crippen LogP contribution in [0.25, 0.3) is 0 Å². The Labute approximate surface area is 60.5 Å². The molecule has 0 amide bonds. The molecule has 0 radical (unpaired) electrons. The third kappa shape index (κ3) is 15.7. The summed E-state index contributed by atoms with van der Waals surface area (Å²) in [6.45, 7) is -0.250. The first-order valence-corrected chi connectivity index (χ1v) is 3.79. The maximum Gasteiger partial charge on any atom is 0.318 e.